The summed E-state index contributed by atoms with van der Waals surface area (Å²) in [5, 5.41) is 0. The SMILES string of the molecule is CCCOc1ccccc1/C=C/C(=O)N(C(C)C)C(C)C. The summed E-state index contributed by atoms with van der Waals surface area (Å²) in [6.45, 7) is 10.9. The van der Waals surface area contributed by atoms with Crippen LogP contribution in [0.1, 0.15) is 46.6 Å². The average Bonchev–Trinajstić information content (AvgIpc) is 2.43. The molecule has 0 aliphatic rings. The largest absolute Gasteiger partial charge is 0.493 e. The second-order valence-electron chi connectivity index (χ2n) is 5.65. The van der Waals surface area contributed by atoms with Crippen molar-refractivity contribution in [3.63, 3.8) is 0 Å². The maximum Gasteiger partial charge on any atom is 0.247 e. The lowest BCUT2D eigenvalue weighted by atomic mass is 10.1. The average molecular weight is 289 g/mol. The number of carbonyl (C=O) groups is 1. The highest BCUT2D eigenvalue weighted by atomic mass is 16.5. The van der Waals surface area contributed by atoms with Crippen molar-refractivity contribution >= 4 is 12.0 Å². The van der Waals surface area contributed by atoms with Gasteiger partial charge in [-0.15, -0.1) is 0 Å². The molecule has 3 heteroatoms. The molecule has 0 saturated carbocycles. The molecule has 3 nitrogen and oxygen atoms in total. The maximum absolute atomic E-state index is 12.3. The lowest BCUT2D eigenvalue weighted by Gasteiger charge is -2.29. The standard InChI is InChI=1S/C18H27NO2/c1-6-13-21-17-10-8-7-9-16(17)11-12-18(20)19(14(2)3)15(4)5/h7-12,14-15H,6,13H2,1-5H3/b12-11+. The van der Waals surface area contributed by atoms with E-state index >= 15 is 0 Å². The number of ether oxygens (including phenoxy) is 1. The summed E-state index contributed by atoms with van der Waals surface area (Å²) in [6.07, 6.45) is 4.44. The third kappa shape index (κ3) is 5.25. The van der Waals surface area contributed by atoms with Crippen LogP contribution in [0.25, 0.3) is 6.08 Å². The zero-order chi connectivity index (χ0) is 15.8. The fraction of sp³-hybridized carbons (Fsp3) is 0.500. The van der Waals surface area contributed by atoms with Gasteiger partial charge < -0.3 is 9.64 Å². The Hall–Kier alpha value is -1.77. The Balaban J connectivity index is 2.87. The van der Waals surface area contributed by atoms with Crippen LogP contribution >= 0.6 is 0 Å². The van der Waals surface area contributed by atoms with E-state index in [4.69, 9.17) is 4.74 Å². The molecular formula is C18H27NO2. The van der Waals surface area contributed by atoms with E-state index in [1.165, 1.54) is 0 Å². The zero-order valence-corrected chi connectivity index (χ0v) is 13.8. The van der Waals surface area contributed by atoms with Gasteiger partial charge in [0, 0.05) is 23.7 Å². The molecule has 0 N–H and O–H groups in total. The van der Waals surface area contributed by atoms with Crippen molar-refractivity contribution in [1.29, 1.82) is 0 Å². The minimum atomic E-state index is 0.0327. The molecular weight excluding hydrogens is 262 g/mol. The predicted molar refractivity (Wildman–Crippen MR) is 88.4 cm³/mol. The first-order valence-corrected chi connectivity index (χ1v) is 7.69. The Labute approximate surface area is 128 Å². The molecule has 0 bridgehead atoms. The van der Waals surface area contributed by atoms with Gasteiger partial charge in [-0.2, -0.15) is 0 Å². The Morgan fingerprint density at radius 1 is 1.19 bits per heavy atom. The van der Waals surface area contributed by atoms with Crippen LogP contribution in [0.5, 0.6) is 5.75 Å². The molecule has 0 aromatic heterocycles. The lowest BCUT2D eigenvalue weighted by Crippen LogP contribution is -2.41. The van der Waals surface area contributed by atoms with Crippen molar-refractivity contribution in [1.82, 2.24) is 4.90 Å². The molecule has 21 heavy (non-hydrogen) atoms. The number of para-hydroxylation sites is 1. The first-order chi connectivity index (χ1) is 9.97. The van der Waals surface area contributed by atoms with Crippen LogP contribution in [0.3, 0.4) is 0 Å². The van der Waals surface area contributed by atoms with Crippen LogP contribution in [0, 0.1) is 0 Å². The normalized spacial score (nSPS) is 11.4. The third-order valence-electron chi connectivity index (χ3n) is 3.15. The van der Waals surface area contributed by atoms with E-state index in [0.717, 1.165) is 17.7 Å². The zero-order valence-electron chi connectivity index (χ0n) is 13.8. The number of carbonyl (C=O) groups excluding carboxylic acids is 1. The lowest BCUT2D eigenvalue weighted by molar-refractivity contribution is -0.129. The second kappa shape index (κ2) is 8.50. The quantitative estimate of drug-likeness (QED) is 0.706. The highest BCUT2D eigenvalue weighted by Gasteiger charge is 2.17. The molecule has 0 radical (unpaired) electrons. The van der Waals surface area contributed by atoms with Crippen LogP contribution in [-0.4, -0.2) is 29.5 Å². The van der Waals surface area contributed by atoms with Crippen LogP contribution in [-0.2, 0) is 4.79 Å². The van der Waals surface area contributed by atoms with Gasteiger partial charge in [-0.25, -0.2) is 0 Å². The van der Waals surface area contributed by atoms with E-state index in [9.17, 15) is 4.79 Å². The third-order valence-corrected chi connectivity index (χ3v) is 3.15. The Bertz CT molecular complexity index is 470. The molecule has 0 unspecified atom stereocenters. The molecule has 0 spiro atoms. The van der Waals surface area contributed by atoms with Crippen molar-refractivity contribution in [2.24, 2.45) is 0 Å². The Morgan fingerprint density at radius 3 is 2.38 bits per heavy atom. The minimum absolute atomic E-state index is 0.0327. The van der Waals surface area contributed by atoms with Crippen LogP contribution in [0.2, 0.25) is 0 Å². The minimum Gasteiger partial charge on any atom is -0.493 e. The molecule has 0 aliphatic heterocycles. The molecule has 1 aromatic carbocycles. The van der Waals surface area contributed by atoms with Gasteiger partial charge in [-0.3, -0.25) is 4.79 Å². The number of rotatable bonds is 7. The number of hydrogen-bond donors (Lipinski definition) is 0. The fourth-order valence-corrected chi connectivity index (χ4v) is 2.31. The molecule has 1 amide bonds. The van der Waals surface area contributed by atoms with Gasteiger partial charge in [0.2, 0.25) is 5.91 Å². The molecule has 0 heterocycles. The Morgan fingerprint density at radius 2 is 1.81 bits per heavy atom. The van der Waals surface area contributed by atoms with Gasteiger partial charge in [-0.05, 0) is 46.3 Å². The summed E-state index contributed by atoms with van der Waals surface area (Å²) in [7, 11) is 0. The summed E-state index contributed by atoms with van der Waals surface area (Å²) < 4.78 is 5.70. The van der Waals surface area contributed by atoms with E-state index in [-0.39, 0.29) is 18.0 Å². The smallest absolute Gasteiger partial charge is 0.247 e. The van der Waals surface area contributed by atoms with Crippen molar-refractivity contribution in [3.8, 4) is 5.75 Å². The summed E-state index contributed by atoms with van der Waals surface area (Å²) in [4.78, 5) is 14.2. The van der Waals surface area contributed by atoms with Crippen LogP contribution < -0.4 is 4.74 Å². The molecule has 0 fully saturated rings. The molecule has 1 aromatic rings. The highest BCUT2D eigenvalue weighted by molar-refractivity contribution is 5.92. The van der Waals surface area contributed by atoms with E-state index in [1.54, 1.807) is 6.08 Å². The van der Waals surface area contributed by atoms with Crippen LogP contribution in [0.4, 0.5) is 0 Å². The fourth-order valence-electron chi connectivity index (χ4n) is 2.31. The van der Waals surface area contributed by atoms with Gasteiger partial charge in [0.05, 0.1) is 6.61 Å². The maximum atomic E-state index is 12.3. The summed E-state index contributed by atoms with van der Waals surface area (Å²) in [6, 6.07) is 8.17. The van der Waals surface area contributed by atoms with E-state index in [1.807, 2.05) is 62.9 Å². The van der Waals surface area contributed by atoms with Gasteiger partial charge in [-0.1, -0.05) is 25.1 Å². The van der Waals surface area contributed by atoms with Gasteiger partial charge >= 0.3 is 0 Å². The van der Waals surface area contributed by atoms with Gasteiger partial charge in [0.25, 0.3) is 0 Å². The molecule has 0 aliphatic carbocycles. The second-order valence-corrected chi connectivity index (χ2v) is 5.65. The van der Waals surface area contributed by atoms with E-state index < -0.39 is 0 Å². The predicted octanol–water partition coefficient (Wildman–Crippen LogP) is 4.13. The topological polar surface area (TPSA) is 29.5 Å². The van der Waals surface area contributed by atoms with E-state index in [2.05, 4.69) is 6.92 Å². The van der Waals surface area contributed by atoms with Crippen molar-refractivity contribution in [2.45, 2.75) is 53.1 Å². The summed E-state index contributed by atoms with van der Waals surface area (Å²) >= 11 is 0. The molecule has 116 valence electrons. The number of nitrogens with zero attached hydrogens (tertiary/aromatic N) is 1. The van der Waals surface area contributed by atoms with Crippen molar-refractivity contribution in [3.05, 3.63) is 35.9 Å². The first-order valence-electron chi connectivity index (χ1n) is 7.69. The highest BCUT2D eigenvalue weighted by Crippen LogP contribution is 2.20. The summed E-state index contributed by atoms with van der Waals surface area (Å²) in [5.74, 6) is 0.856. The first kappa shape index (κ1) is 17.3. The molecule has 0 atom stereocenters. The number of benzene rings is 1. The van der Waals surface area contributed by atoms with Gasteiger partial charge in [0.15, 0.2) is 0 Å². The monoisotopic (exact) mass is 289 g/mol. The van der Waals surface area contributed by atoms with E-state index in [0.29, 0.717) is 6.61 Å². The molecule has 0 saturated heterocycles. The van der Waals surface area contributed by atoms with Crippen molar-refractivity contribution in [2.75, 3.05) is 6.61 Å². The van der Waals surface area contributed by atoms with Gasteiger partial charge in [0.1, 0.15) is 5.75 Å². The number of hydrogen-bond acceptors (Lipinski definition) is 2. The van der Waals surface area contributed by atoms with Crippen LogP contribution in [0.15, 0.2) is 30.3 Å². The molecule has 1 rings (SSSR count). The van der Waals surface area contributed by atoms with Crippen molar-refractivity contribution < 1.29 is 9.53 Å². The number of amides is 1. The summed E-state index contributed by atoms with van der Waals surface area (Å²) in [5.41, 5.74) is 0.937. The Kier molecular flexibility index (Phi) is 7.00.